The van der Waals surface area contributed by atoms with Crippen LogP contribution < -0.4 is 14.4 Å². The second-order valence-corrected chi connectivity index (χ2v) is 11.6. The number of carbonyl (C=O) groups excluding carboxylic acids is 1. The highest BCUT2D eigenvalue weighted by Gasteiger charge is 2.49. The number of ether oxygens (including phenoxy) is 2. The molecule has 2 heterocycles. The lowest BCUT2D eigenvalue weighted by Gasteiger charge is -2.24. The average Bonchev–Trinajstić information content (AvgIpc) is 3.18. The molecule has 164 valence electrons. The van der Waals surface area contributed by atoms with Crippen molar-refractivity contribution in [2.45, 2.75) is 17.7 Å². The molecule has 2 aliphatic heterocycles. The highest BCUT2D eigenvalue weighted by molar-refractivity contribution is 9.10. The number of hydrogen-bond donors (Lipinski definition) is 0. The lowest BCUT2D eigenvalue weighted by atomic mass is 10.1. The van der Waals surface area contributed by atoms with Gasteiger partial charge in [-0.15, -0.1) is 0 Å². The Bertz CT molecular complexity index is 1150. The van der Waals surface area contributed by atoms with Crippen molar-refractivity contribution in [3.05, 3.63) is 52.5 Å². The van der Waals surface area contributed by atoms with E-state index in [0.29, 0.717) is 16.7 Å². The van der Waals surface area contributed by atoms with E-state index in [0.717, 1.165) is 15.7 Å². The van der Waals surface area contributed by atoms with Crippen LogP contribution in [0, 0.1) is 0 Å². The quantitative estimate of drug-likeness (QED) is 0.592. The Hall–Kier alpha value is -2.04. The third kappa shape index (κ3) is 4.75. The molecule has 1 amide bonds. The van der Waals surface area contributed by atoms with E-state index in [9.17, 15) is 13.2 Å². The second-order valence-electron chi connectivity index (χ2n) is 7.30. The third-order valence-electron chi connectivity index (χ3n) is 5.18. The lowest BCUT2D eigenvalue weighted by Crippen LogP contribution is -2.37. The molecule has 10 heteroatoms. The van der Waals surface area contributed by atoms with Crippen LogP contribution in [0.5, 0.6) is 11.5 Å². The number of halogens is 1. The molecule has 31 heavy (non-hydrogen) atoms. The molecule has 0 N–H and O–H groups in total. The number of sulfone groups is 1. The van der Waals surface area contributed by atoms with Gasteiger partial charge in [0.05, 0.1) is 38.2 Å². The Kier molecular flexibility index (Phi) is 6.32. The third-order valence-corrected chi connectivity index (χ3v) is 8.88. The van der Waals surface area contributed by atoms with E-state index in [1.54, 1.807) is 32.4 Å². The number of benzene rings is 2. The van der Waals surface area contributed by atoms with Gasteiger partial charge in [-0.3, -0.25) is 4.79 Å². The Morgan fingerprint density at radius 3 is 2.65 bits per heavy atom. The number of amides is 1. The van der Waals surface area contributed by atoms with E-state index in [-0.39, 0.29) is 35.1 Å². The van der Waals surface area contributed by atoms with Gasteiger partial charge < -0.3 is 14.4 Å². The first-order valence-electron chi connectivity index (χ1n) is 9.54. The first-order valence-corrected chi connectivity index (χ1v) is 13.0. The van der Waals surface area contributed by atoms with Gasteiger partial charge in [0.1, 0.15) is 0 Å². The average molecular weight is 525 g/mol. The van der Waals surface area contributed by atoms with Crippen molar-refractivity contribution in [2.24, 2.45) is 4.99 Å². The first-order chi connectivity index (χ1) is 14.8. The number of hydrogen-bond acceptors (Lipinski definition) is 6. The van der Waals surface area contributed by atoms with Gasteiger partial charge in [0, 0.05) is 15.4 Å². The molecule has 7 nitrogen and oxygen atoms in total. The molecular weight excluding hydrogens is 504 g/mol. The van der Waals surface area contributed by atoms with Gasteiger partial charge >= 0.3 is 0 Å². The number of aliphatic imine (C=N–C) groups is 1. The first kappa shape index (κ1) is 22.2. The number of rotatable bonds is 5. The smallest absolute Gasteiger partial charge is 0.252 e. The molecule has 2 aromatic carbocycles. The van der Waals surface area contributed by atoms with Crippen LogP contribution in [0.4, 0.5) is 5.69 Å². The standard InChI is InChI=1S/C21H21BrN2O5S2/c1-28-17-7-6-13(8-18(17)29-2)9-20(25)23-21-24(15-5-3-4-14(22)10-15)16-11-31(26,27)12-19(16)30-21/h3-8,10,16,19H,9,11-12H2,1-2H3/t16-,19+/m1/s1. The van der Waals surface area contributed by atoms with Crippen molar-refractivity contribution in [3.8, 4) is 11.5 Å². The summed E-state index contributed by atoms with van der Waals surface area (Å²) in [6, 6.07) is 12.6. The van der Waals surface area contributed by atoms with Gasteiger partial charge in [0.25, 0.3) is 5.91 Å². The molecule has 0 saturated carbocycles. The Morgan fingerprint density at radius 1 is 1.16 bits per heavy atom. The zero-order valence-corrected chi connectivity index (χ0v) is 20.2. The SMILES string of the molecule is COc1ccc(CC(=O)N=C2S[C@H]3CS(=O)(=O)C[C@H]3N2c2cccc(Br)c2)cc1OC. The molecule has 2 fully saturated rings. The van der Waals surface area contributed by atoms with Crippen LogP contribution in [0.3, 0.4) is 0 Å². The second kappa shape index (κ2) is 8.84. The van der Waals surface area contributed by atoms with E-state index < -0.39 is 9.84 Å². The maximum absolute atomic E-state index is 12.8. The molecule has 0 bridgehead atoms. The van der Waals surface area contributed by atoms with Crippen molar-refractivity contribution in [2.75, 3.05) is 30.6 Å². The number of anilines is 1. The number of carbonyl (C=O) groups is 1. The van der Waals surface area contributed by atoms with E-state index in [4.69, 9.17) is 9.47 Å². The van der Waals surface area contributed by atoms with Crippen LogP contribution in [-0.4, -0.2) is 56.5 Å². The van der Waals surface area contributed by atoms with Crippen LogP contribution in [0.25, 0.3) is 0 Å². The largest absolute Gasteiger partial charge is 0.493 e. The summed E-state index contributed by atoms with van der Waals surface area (Å²) < 4.78 is 35.8. The van der Waals surface area contributed by atoms with Crippen LogP contribution in [0.2, 0.25) is 0 Å². The Morgan fingerprint density at radius 2 is 1.94 bits per heavy atom. The summed E-state index contributed by atoms with van der Waals surface area (Å²) in [6.45, 7) is 0. The predicted octanol–water partition coefficient (Wildman–Crippen LogP) is 3.31. The number of fused-ring (bicyclic) bond motifs is 1. The van der Waals surface area contributed by atoms with Crippen molar-refractivity contribution in [3.63, 3.8) is 0 Å². The van der Waals surface area contributed by atoms with E-state index in [2.05, 4.69) is 20.9 Å². The fraction of sp³-hybridized carbons (Fsp3) is 0.333. The summed E-state index contributed by atoms with van der Waals surface area (Å²) in [5.41, 5.74) is 1.57. The van der Waals surface area contributed by atoms with Gasteiger partial charge in [-0.2, -0.15) is 4.99 Å². The van der Waals surface area contributed by atoms with Gasteiger partial charge in [-0.25, -0.2) is 8.42 Å². The van der Waals surface area contributed by atoms with E-state index in [1.165, 1.54) is 11.8 Å². The summed E-state index contributed by atoms with van der Waals surface area (Å²) in [5.74, 6) is 0.977. The van der Waals surface area contributed by atoms with Crippen LogP contribution in [0.15, 0.2) is 51.9 Å². The normalized spacial score (nSPS) is 23.1. The van der Waals surface area contributed by atoms with E-state index in [1.807, 2.05) is 29.2 Å². The molecule has 2 aromatic rings. The van der Waals surface area contributed by atoms with Gasteiger partial charge in [0.15, 0.2) is 26.5 Å². The fourth-order valence-corrected chi connectivity index (χ4v) is 8.12. The molecular formula is C21H21BrN2O5S2. The molecule has 2 aliphatic rings. The molecule has 0 spiro atoms. The van der Waals surface area contributed by atoms with Gasteiger partial charge in [0.2, 0.25) is 0 Å². The minimum absolute atomic E-state index is 0.0556. The Balaban J connectivity index is 1.61. The van der Waals surface area contributed by atoms with Crippen molar-refractivity contribution >= 4 is 54.3 Å². The van der Waals surface area contributed by atoms with Gasteiger partial charge in [-0.1, -0.05) is 39.8 Å². The zero-order valence-electron chi connectivity index (χ0n) is 16.9. The topological polar surface area (TPSA) is 85.3 Å². The fourth-order valence-electron chi connectivity index (χ4n) is 3.80. The highest BCUT2D eigenvalue weighted by Crippen LogP contribution is 2.41. The number of amidine groups is 1. The summed E-state index contributed by atoms with van der Waals surface area (Å²) in [6.07, 6.45) is 0.102. The van der Waals surface area contributed by atoms with Crippen molar-refractivity contribution in [1.29, 1.82) is 0 Å². The maximum Gasteiger partial charge on any atom is 0.252 e. The Labute approximate surface area is 193 Å². The number of methoxy groups -OCH3 is 2. The van der Waals surface area contributed by atoms with Crippen molar-refractivity contribution in [1.82, 2.24) is 0 Å². The summed E-state index contributed by atoms with van der Waals surface area (Å²) in [4.78, 5) is 19.0. The molecule has 2 saturated heterocycles. The van der Waals surface area contributed by atoms with Crippen molar-refractivity contribution < 1.29 is 22.7 Å². The van der Waals surface area contributed by atoms with Crippen LogP contribution in [-0.2, 0) is 21.1 Å². The molecule has 0 unspecified atom stereocenters. The summed E-state index contributed by atoms with van der Waals surface area (Å²) in [7, 11) is -0.0129. The van der Waals surface area contributed by atoms with E-state index >= 15 is 0 Å². The molecule has 4 rings (SSSR count). The molecule has 2 atom stereocenters. The van der Waals surface area contributed by atoms with Crippen LogP contribution in [0.1, 0.15) is 5.56 Å². The summed E-state index contributed by atoms with van der Waals surface area (Å²) in [5, 5.41) is 0.394. The van der Waals surface area contributed by atoms with Gasteiger partial charge in [-0.05, 0) is 35.9 Å². The minimum atomic E-state index is -3.11. The number of thioether (sulfide) groups is 1. The maximum atomic E-state index is 12.8. The van der Waals surface area contributed by atoms with Crippen LogP contribution >= 0.6 is 27.7 Å². The predicted molar refractivity (Wildman–Crippen MR) is 126 cm³/mol. The molecule has 0 aliphatic carbocycles. The molecule has 0 radical (unpaired) electrons. The zero-order chi connectivity index (χ0) is 22.2. The highest BCUT2D eigenvalue weighted by atomic mass is 79.9. The monoisotopic (exact) mass is 524 g/mol. The number of nitrogens with zero attached hydrogens (tertiary/aromatic N) is 2. The summed E-state index contributed by atoms with van der Waals surface area (Å²) >= 11 is 4.82. The lowest BCUT2D eigenvalue weighted by molar-refractivity contribution is -0.117. The molecule has 0 aromatic heterocycles. The minimum Gasteiger partial charge on any atom is -0.493 e.